The quantitative estimate of drug-likeness (QED) is 0.832. The van der Waals surface area contributed by atoms with Gasteiger partial charge in [-0.1, -0.05) is 65.8 Å². The second-order valence-electron chi connectivity index (χ2n) is 4.25. The molecule has 4 heteroatoms. The average molecular weight is 254 g/mol. The van der Waals surface area contributed by atoms with Gasteiger partial charge in [0.05, 0.1) is 0 Å². The topological polar surface area (TPSA) is 72.5 Å². The molecule has 2 aromatic rings. The van der Waals surface area contributed by atoms with Crippen molar-refractivity contribution in [3.05, 3.63) is 76.7 Å². The summed E-state index contributed by atoms with van der Waals surface area (Å²) in [5.41, 5.74) is 6.98. The van der Waals surface area contributed by atoms with E-state index in [1.807, 2.05) is 60.7 Å². The zero-order valence-corrected chi connectivity index (χ0v) is 10.3. The Hall–Kier alpha value is -2.49. The SMILES string of the molecule is NC(=O)[C@@H](N=O)C(c1ccccc1)c1ccccc1. The van der Waals surface area contributed by atoms with Gasteiger partial charge in [-0.2, -0.15) is 0 Å². The van der Waals surface area contributed by atoms with Crippen molar-refractivity contribution in [3.8, 4) is 0 Å². The summed E-state index contributed by atoms with van der Waals surface area (Å²) in [5.74, 6) is -1.16. The molecule has 0 saturated heterocycles. The number of nitrogens with two attached hydrogens (primary N) is 1. The predicted molar refractivity (Wildman–Crippen MR) is 73.5 cm³/mol. The third-order valence-electron chi connectivity index (χ3n) is 3.04. The number of carbonyl (C=O) groups is 1. The molecule has 0 aromatic heterocycles. The summed E-state index contributed by atoms with van der Waals surface area (Å²) < 4.78 is 0. The van der Waals surface area contributed by atoms with Gasteiger partial charge < -0.3 is 5.73 Å². The smallest absolute Gasteiger partial charge is 0.246 e. The molecule has 0 aliphatic rings. The Kier molecular flexibility index (Phi) is 4.03. The van der Waals surface area contributed by atoms with Crippen LogP contribution in [0.3, 0.4) is 0 Å². The van der Waals surface area contributed by atoms with Crippen LogP contribution in [-0.4, -0.2) is 11.9 Å². The fraction of sp³-hybridized carbons (Fsp3) is 0.133. The van der Waals surface area contributed by atoms with Crippen LogP contribution < -0.4 is 5.73 Å². The highest BCUT2D eigenvalue weighted by molar-refractivity contribution is 5.82. The second-order valence-corrected chi connectivity index (χ2v) is 4.25. The highest BCUT2D eigenvalue weighted by atomic mass is 16.3. The first-order valence-electron chi connectivity index (χ1n) is 5.95. The predicted octanol–water partition coefficient (Wildman–Crippen LogP) is 2.44. The number of amides is 1. The molecule has 0 heterocycles. The Balaban J connectivity index is 2.51. The summed E-state index contributed by atoms with van der Waals surface area (Å²) >= 11 is 0. The van der Waals surface area contributed by atoms with E-state index in [4.69, 9.17) is 5.73 Å². The number of nitrogens with zero attached hydrogens (tertiary/aromatic N) is 1. The van der Waals surface area contributed by atoms with Crippen LogP contribution in [0.15, 0.2) is 65.8 Å². The second kappa shape index (κ2) is 5.91. The Morgan fingerprint density at radius 1 is 0.895 bits per heavy atom. The van der Waals surface area contributed by atoms with Crippen molar-refractivity contribution in [2.24, 2.45) is 10.9 Å². The van der Waals surface area contributed by atoms with E-state index in [-0.39, 0.29) is 0 Å². The lowest BCUT2D eigenvalue weighted by Gasteiger charge is -2.20. The molecule has 2 aromatic carbocycles. The molecular formula is C15H14N2O2. The maximum Gasteiger partial charge on any atom is 0.246 e. The molecule has 0 spiro atoms. The summed E-state index contributed by atoms with van der Waals surface area (Å²) in [6.45, 7) is 0. The molecular weight excluding hydrogens is 240 g/mol. The van der Waals surface area contributed by atoms with Gasteiger partial charge in [-0.25, -0.2) is 0 Å². The zero-order chi connectivity index (χ0) is 13.7. The van der Waals surface area contributed by atoms with E-state index in [2.05, 4.69) is 5.18 Å². The molecule has 2 rings (SSSR count). The standard InChI is InChI=1S/C15H14N2O2/c16-15(18)14(17-19)13(11-7-3-1-4-8-11)12-9-5-2-6-10-12/h1-10,13-14H,(H2,16,18)/t14-/m0/s1. The van der Waals surface area contributed by atoms with Gasteiger partial charge in [-0.15, -0.1) is 4.91 Å². The lowest BCUT2D eigenvalue weighted by atomic mass is 9.85. The number of benzene rings is 2. The largest absolute Gasteiger partial charge is 0.368 e. The number of rotatable bonds is 5. The number of nitroso groups, excluding NO2 is 1. The van der Waals surface area contributed by atoms with Crippen LogP contribution in [-0.2, 0) is 4.79 Å². The Morgan fingerprint density at radius 3 is 1.63 bits per heavy atom. The number of hydrogen-bond acceptors (Lipinski definition) is 3. The van der Waals surface area contributed by atoms with E-state index < -0.39 is 17.9 Å². The van der Waals surface area contributed by atoms with Crippen molar-refractivity contribution in [3.63, 3.8) is 0 Å². The molecule has 0 bridgehead atoms. The monoisotopic (exact) mass is 254 g/mol. The minimum absolute atomic E-state index is 0.447. The zero-order valence-electron chi connectivity index (χ0n) is 10.3. The van der Waals surface area contributed by atoms with E-state index in [1.165, 1.54) is 0 Å². The first-order valence-corrected chi connectivity index (χ1v) is 5.95. The molecule has 0 aliphatic carbocycles. The average Bonchev–Trinajstić information content (AvgIpc) is 2.46. The van der Waals surface area contributed by atoms with Crippen LogP contribution in [0.1, 0.15) is 17.0 Å². The maximum absolute atomic E-state index is 11.4. The first-order chi connectivity index (χ1) is 9.24. The normalized spacial score (nSPS) is 12.1. The van der Waals surface area contributed by atoms with E-state index >= 15 is 0 Å². The highest BCUT2D eigenvalue weighted by Gasteiger charge is 2.30. The molecule has 2 N–H and O–H groups in total. The van der Waals surface area contributed by atoms with Gasteiger partial charge in [0.1, 0.15) is 0 Å². The Labute approximate surface area is 111 Å². The molecule has 0 unspecified atom stereocenters. The molecule has 0 saturated carbocycles. The molecule has 1 atom stereocenters. The third-order valence-corrected chi connectivity index (χ3v) is 3.04. The van der Waals surface area contributed by atoms with Gasteiger partial charge in [-0.3, -0.25) is 4.79 Å². The van der Waals surface area contributed by atoms with Crippen molar-refractivity contribution < 1.29 is 4.79 Å². The lowest BCUT2D eigenvalue weighted by Crippen LogP contribution is -2.32. The Morgan fingerprint density at radius 2 is 1.32 bits per heavy atom. The summed E-state index contributed by atoms with van der Waals surface area (Å²) in [7, 11) is 0. The number of hydrogen-bond donors (Lipinski definition) is 1. The van der Waals surface area contributed by atoms with Crippen LogP contribution in [0.25, 0.3) is 0 Å². The van der Waals surface area contributed by atoms with Crippen molar-refractivity contribution in [2.45, 2.75) is 12.0 Å². The third kappa shape index (κ3) is 2.85. The van der Waals surface area contributed by atoms with Crippen molar-refractivity contribution >= 4 is 5.91 Å². The summed E-state index contributed by atoms with van der Waals surface area (Å²) in [6.07, 6.45) is 0. The van der Waals surface area contributed by atoms with Crippen LogP contribution >= 0.6 is 0 Å². The molecule has 96 valence electrons. The van der Waals surface area contributed by atoms with Crippen LogP contribution in [0.2, 0.25) is 0 Å². The van der Waals surface area contributed by atoms with Gasteiger partial charge in [-0.05, 0) is 11.1 Å². The number of carbonyl (C=O) groups excluding carboxylic acids is 1. The van der Waals surface area contributed by atoms with E-state index in [9.17, 15) is 9.70 Å². The van der Waals surface area contributed by atoms with E-state index in [1.54, 1.807) is 0 Å². The fourth-order valence-electron chi connectivity index (χ4n) is 2.15. The molecule has 0 aliphatic heterocycles. The minimum atomic E-state index is -1.11. The van der Waals surface area contributed by atoms with Gasteiger partial charge in [0.2, 0.25) is 5.91 Å². The highest BCUT2D eigenvalue weighted by Crippen LogP contribution is 2.29. The van der Waals surface area contributed by atoms with Crippen molar-refractivity contribution in [1.82, 2.24) is 0 Å². The van der Waals surface area contributed by atoms with Gasteiger partial charge in [0.25, 0.3) is 0 Å². The lowest BCUT2D eigenvalue weighted by molar-refractivity contribution is -0.119. The molecule has 0 radical (unpaired) electrons. The molecule has 4 nitrogen and oxygen atoms in total. The van der Waals surface area contributed by atoms with E-state index in [0.717, 1.165) is 11.1 Å². The molecule has 0 fully saturated rings. The van der Waals surface area contributed by atoms with Crippen molar-refractivity contribution in [1.29, 1.82) is 0 Å². The minimum Gasteiger partial charge on any atom is -0.368 e. The molecule has 1 amide bonds. The van der Waals surface area contributed by atoms with Gasteiger partial charge in [0.15, 0.2) is 6.04 Å². The number of primary amides is 1. The van der Waals surface area contributed by atoms with Crippen LogP contribution in [0.4, 0.5) is 0 Å². The Bertz CT molecular complexity index is 515. The molecule has 19 heavy (non-hydrogen) atoms. The van der Waals surface area contributed by atoms with Crippen LogP contribution in [0, 0.1) is 4.91 Å². The summed E-state index contributed by atoms with van der Waals surface area (Å²) in [6, 6.07) is 17.5. The maximum atomic E-state index is 11.4. The first kappa shape index (κ1) is 13.0. The van der Waals surface area contributed by atoms with Gasteiger partial charge >= 0.3 is 0 Å². The van der Waals surface area contributed by atoms with Gasteiger partial charge in [0, 0.05) is 5.92 Å². The summed E-state index contributed by atoms with van der Waals surface area (Å²) in [5, 5.41) is 2.92. The van der Waals surface area contributed by atoms with Crippen LogP contribution in [0.5, 0.6) is 0 Å². The fourth-order valence-corrected chi connectivity index (χ4v) is 2.15. The van der Waals surface area contributed by atoms with E-state index in [0.29, 0.717) is 0 Å². The summed E-state index contributed by atoms with van der Waals surface area (Å²) in [4.78, 5) is 22.4. The van der Waals surface area contributed by atoms with Crippen molar-refractivity contribution in [2.75, 3.05) is 0 Å².